The number of aryl methyl sites for hydroxylation is 1. The average molecular weight is 316 g/mol. The Kier molecular flexibility index (Phi) is 7.84. The maximum Gasteiger partial charge on any atom is 0.0431 e. The number of unbranched alkanes of at least 4 members (excludes halogenated alkanes) is 2. The minimum absolute atomic E-state index is 0.257. The molecule has 0 saturated heterocycles. The smallest absolute Gasteiger partial charge is 0.0431 e. The molecule has 0 unspecified atom stereocenters. The Morgan fingerprint density at radius 2 is 2.17 bits per heavy atom. The quantitative estimate of drug-likeness (QED) is 0.525. The lowest BCUT2D eigenvalue weighted by molar-refractivity contribution is 0.280. The normalized spacial score (nSPS) is 19.0. The van der Waals surface area contributed by atoms with Crippen LogP contribution >= 0.6 is 0 Å². The lowest BCUT2D eigenvalue weighted by atomic mass is 9.81. The van der Waals surface area contributed by atoms with Crippen LogP contribution in [0.3, 0.4) is 0 Å². The molecular weight excluding hydrogens is 282 g/mol. The van der Waals surface area contributed by atoms with E-state index >= 15 is 0 Å². The average Bonchev–Trinajstić information content (AvgIpc) is 2.59. The lowest BCUT2D eigenvalue weighted by Gasteiger charge is -2.24. The van der Waals surface area contributed by atoms with Crippen molar-refractivity contribution in [3.05, 3.63) is 47.0 Å². The van der Waals surface area contributed by atoms with Crippen LogP contribution in [0.15, 0.2) is 30.4 Å². The van der Waals surface area contributed by atoms with E-state index in [1.165, 1.54) is 55.2 Å². The van der Waals surface area contributed by atoms with Crippen LogP contribution in [0.5, 0.6) is 0 Å². The van der Waals surface area contributed by atoms with Crippen molar-refractivity contribution >= 4 is 0 Å². The fourth-order valence-electron chi connectivity index (χ4n) is 3.59. The summed E-state index contributed by atoms with van der Waals surface area (Å²) in [4.78, 5) is 0. The first-order chi connectivity index (χ1) is 11.3. The molecular formula is C21H33NO. The van der Waals surface area contributed by atoms with Crippen LogP contribution in [0.1, 0.15) is 68.1 Å². The van der Waals surface area contributed by atoms with Crippen LogP contribution in [0.4, 0.5) is 0 Å². The molecule has 0 bridgehead atoms. The first kappa shape index (κ1) is 18.2. The molecule has 0 aromatic heterocycles. The number of hydrogen-bond acceptors (Lipinski definition) is 2. The molecule has 1 aromatic rings. The predicted octanol–water partition coefficient (Wildman–Crippen LogP) is 4.35. The maximum absolute atomic E-state index is 9.04. The highest BCUT2D eigenvalue weighted by Gasteiger charge is 2.18. The minimum Gasteiger partial charge on any atom is -0.396 e. The fraction of sp³-hybridized carbons (Fsp3) is 0.619. The van der Waals surface area contributed by atoms with Crippen molar-refractivity contribution in [3.63, 3.8) is 0 Å². The summed E-state index contributed by atoms with van der Waals surface area (Å²) in [5, 5.41) is 9.04. The summed E-state index contributed by atoms with van der Waals surface area (Å²) in [5.74, 6) is 1.10. The SMILES string of the molecule is CCCC/C=C\[C@H]1CCc2cc([C@H](CN)CCCO)ccc2C1. The number of fused-ring (bicyclic) bond motifs is 1. The molecule has 0 spiro atoms. The second kappa shape index (κ2) is 9.89. The van der Waals surface area contributed by atoms with Gasteiger partial charge in [0.2, 0.25) is 0 Å². The van der Waals surface area contributed by atoms with E-state index < -0.39 is 0 Å². The van der Waals surface area contributed by atoms with Crippen LogP contribution < -0.4 is 5.73 Å². The highest BCUT2D eigenvalue weighted by molar-refractivity contribution is 5.36. The zero-order valence-electron chi connectivity index (χ0n) is 14.6. The molecule has 0 radical (unpaired) electrons. The van der Waals surface area contributed by atoms with Gasteiger partial charge in [-0.3, -0.25) is 0 Å². The van der Waals surface area contributed by atoms with Gasteiger partial charge in [0.15, 0.2) is 0 Å². The largest absolute Gasteiger partial charge is 0.396 e. The zero-order chi connectivity index (χ0) is 16.5. The van der Waals surface area contributed by atoms with Gasteiger partial charge in [-0.05, 0) is 73.6 Å². The molecule has 128 valence electrons. The number of hydrogen-bond donors (Lipinski definition) is 2. The van der Waals surface area contributed by atoms with E-state index in [0.717, 1.165) is 12.8 Å². The maximum atomic E-state index is 9.04. The molecule has 2 nitrogen and oxygen atoms in total. The monoisotopic (exact) mass is 315 g/mol. The predicted molar refractivity (Wildman–Crippen MR) is 98.7 cm³/mol. The molecule has 2 heteroatoms. The van der Waals surface area contributed by atoms with E-state index in [2.05, 4.69) is 37.3 Å². The molecule has 0 saturated carbocycles. The van der Waals surface area contributed by atoms with E-state index in [1.54, 1.807) is 0 Å². The third-order valence-electron chi connectivity index (χ3n) is 5.10. The van der Waals surface area contributed by atoms with E-state index in [0.29, 0.717) is 18.4 Å². The Balaban J connectivity index is 1.98. The van der Waals surface area contributed by atoms with Crippen molar-refractivity contribution < 1.29 is 5.11 Å². The van der Waals surface area contributed by atoms with E-state index in [1.807, 2.05) is 0 Å². The Hall–Kier alpha value is -1.12. The van der Waals surface area contributed by atoms with Crippen molar-refractivity contribution in [3.8, 4) is 0 Å². The third-order valence-corrected chi connectivity index (χ3v) is 5.10. The molecule has 0 fully saturated rings. The van der Waals surface area contributed by atoms with Gasteiger partial charge in [-0.2, -0.15) is 0 Å². The highest BCUT2D eigenvalue weighted by atomic mass is 16.2. The van der Waals surface area contributed by atoms with Gasteiger partial charge in [0.25, 0.3) is 0 Å². The van der Waals surface area contributed by atoms with Crippen molar-refractivity contribution in [2.24, 2.45) is 11.7 Å². The topological polar surface area (TPSA) is 46.2 Å². The number of aliphatic hydroxyl groups is 1. The number of benzene rings is 1. The molecule has 2 atom stereocenters. The molecule has 0 aliphatic heterocycles. The summed E-state index contributed by atoms with van der Waals surface area (Å²) < 4.78 is 0. The van der Waals surface area contributed by atoms with Crippen molar-refractivity contribution in [2.45, 2.75) is 64.2 Å². The van der Waals surface area contributed by atoms with E-state index in [9.17, 15) is 0 Å². The van der Waals surface area contributed by atoms with Gasteiger partial charge in [0.05, 0.1) is 0 Å². The molecule has 1 aliphatic rings. The fourth-order valence-corrected chi connectivity index (χ4v) is 3.59. The van der Waals surface area contributed by atoms with Crippen LogP contribution in [-0.2, 0) is 12.8 Å². The first-order valence-electron chi connectivity index (χ1n) is 9.37. The molecule has 0 heterocycles. The van der Waals surface area contributed by atoms with E-state index in [-0.39, 0.29) is 6.61 Å². The van der Waals surface area contributed by atoms with Gasteiger partial charge in [-0.25, -0.2) is 0 Å². The zero-order valence-corrected chi connectivity index (χ0v) is 14.6. The number of nitrogens with two attached hydrogens (primary N) is 1. The standard InChI is InChI=1S/C21H33NO/c1-2-3-4-5-7-17-9-10-19-15-20(12-11-18(19)14-17)21(16-22)8-6-13-23/h5,7,11-12,15,17,21,23H,2-4,6,8-10,13-14,16,22H2,1H3/b7-5-/t17-,21-/m0/s1. The van der Waals surface area contributed by atoms with Crippen molar-refractivity contribution in [1.29, 1.82) is 0 Å². The third kappa shape index (κ3) is 5.47. The number of allylic oxidation sites excluding steroid dienone is 2. The summed E-state index contributed by atoms with van der Waals surface area (Å²) in [7, 11) is 0. The molecule has 3 N–H and O–H groups in total. The molecule has 23 heavy (non-hydrogen) atoms. The number of aliphatic hydroxyl groups excluding tert-OH is 1. The second-order valence-electron chi connectivity index (χ2n) is 6.90. The molecule has 2 rings (SSSR count). The summed E-state index contributed by atoms with van der Waals surface area (Å²) in [6, 6.07) is 6.95. The van der Waals surface area contributed by atoms with Crippen LogP contribution in [-0.4, -0.2) is 18.3 Å². The molecule has 1 aliphatic carbocycles. The summed E-state index contributed by atoms with van der Waals surface area (Å²) in [6.45, 7) is 3.17. The van der Waals surface area contributed by atoms with Crippen LogP contribution in [0.2, 0.25) is 0 Å². The first-order valence-corrected chi connectivity index (χ1v) is 9.37. The lowest BCUT2D eigenvalue weighted by Crippen LogP contribution is -2.16. The van der Waals surface area contributed by atoms with Gasteiger partial charge in [0.1, 0.15) is 0 Å². The van der Waals surface area contributed by atoms with E-state index in [4.69, 9.17) is 10.8 Å². The molecule has 0 amide bonds. The Labute approximate surface area is 141 Å². The minimum atomic E-state index is 0.257. The van der Waals surface area contributed by atoms with Gasteiger partial charge in [-0.1, -0.05) is 50.1 Å². The Bertz CT molecular complexity index is 495. The van der Waals surface area contributed by atoms with Crippen LogP contribution in [0, 0.1) is 5.92 Å². The van der Waals surface area contributed by atoms with Crippen molar-refractivity contribution in [1.82, 2.24) is 0 Å². The number of rotatable bonds is 9. The molecule has 1 aromatic carbocycles. The van der Waals surface area contributed by atoms with Crippen LogP contribution in [0.25, 0.3) is 0 Å². The van der Waals surface area contributed by atoms with Gasteiger partial charge >= 0.3 is 0 Å². The Morgan fingerprint density at radius 1 is 1.30 bits per heavy atom. The van der Waals surface area contributed by atoms with Crippen molar-refractivity contribution in [2.75, 3.05) is 13.2 Å². The summed E-state index contributed by atoms with van der Waals surface area (Å²) in [6.07, 6.45) is 14.1. The summed E-state index contributed by atoms with van der Waals surface area (Å²) in [5.41, 5.74) is 10.3. The van der Waals surface area contributed by atoms with Gasteiger partial charge in [-0.15, -0.1) is 0 Å². The summed E-state index contributed by atoms with van der Waals surface area (Å²) >= 11 is 0. The van der Waals surface area contributed by atoms with Gasteiger partial charge in [0, 0.05) is 6.61 Å². The van der Waals surface area contributed by atoms with Gasteiger partial charge < -0.3 is 10.8 Å². The second-order valence-corrected chi connectivity index (χ2v) is 6.90. The Morgan fingerprint density at radius 3 is 2.91 bits per heavy atom. The highest BCUT2D eigenvalue weighted by Crippen LogP contribution is 2.30.